The van der Waals surface area contributed by atoms with E-state index in [0.717, 1.165) is 25.7 Å². The topological polar surface area (TPSA) is 74.6 Å². The Balaban J connectivity index is 3.10. The van der Waals surface area contributed by atoms with Crippen molar-refractivity contribution in [1.82, 2.24) is 0 Å². The summed E-state index contributed by atoms with van der Waals surface area (Å²) in [5, 5.41) is 17.1. The summed E-state index contributed by atoms with van der Waals surface area (Å²) >= 11 is 0. The molecule has 0 aliphatic carbocycles. The molecule has 0 unspecified atom stereocenters. The second kappa shape index (κ2) is 21.0. The van der Waals surface area contributed by atoms with Crippen LogP contribution in [0.25, 0.3) is 0 Å². The van der Waals surface area contributed by atoms with E-state index in [0.29, 0.717) is 12.8 Å². The number of aliphatic carboxylic acids is 2. The number of rotatable bonds is 21. The van der Waals surface area contributed by atoms with Gasteiger partial charge in [0.2, 0.25) is 0 Å². The molecule has 4 nitrogen and oxygen atoms in total. The Labute approximate surface area is 166 Å². The molecular weight excluding hydrogens is 340 g/mol. The van der Waals surface area contributed by atoms with E-state index in [4.69, 9.17) is 10.2 Å². The average Bonchev–Trinajstić information content (AvgIpc) is 2.62. The fraction of sp³-hybridized carbons (Fsp3) is 0.826. The minimum atomic E-state index is -0.676. The van der Waals surface area contributed by atoms with Gasteiger partial charge in [-0.1, -0.05) is 82.8 Å². The molecular formula is C23H42O4. The normalized spacial score (nSPS) is 11.3. The molecule has 0 heterocycles. The first-order valence-electron chi connectivity index (χ1n) is 11.2. The van der Waals surface area contributed by atoms with Gasteiger partial charge in [0.1, 0.15) is 0 Å². The molecule has 0 saturated carbocycles. The molecule has 0 aliphatic rings. The number of hydrogen-bond acceptors (Lipinski definition) is 2. The summed E-state index contributed by atoms with van der Waals surface area (Å²) < 4.78 is 0. The van der Waals surface area contributed by atoms with Gasteiger partial charge in [-0.2, -0.15) is 0 Å². The number of carboxylic acid groups (broad SMARTS) is 2. The summed E-state index contributed by atoms with van der Waals surface area (Å²) in [6.07, 6.45) is 25.3. The van der Waals surface area contributed by atoms with Crippen LogP contribution in [0.4, 0.5) is 0 Å². The lowest BCUT2D eigenvalue weighted by molar-refractivity contribution is -0.138. The molecule has 0 aliphatic heterocycles. The molecule has 0 atom stereocenters. The van der Waals surface area contributed by atoms with Gasteiger partial charge in [-0.3, -0.25) is 9.59 Å². The molecule has 0 aromatic heterocycles. The number of hydrogen-bond donors (Lipinski definition) is 2. The molecule has 0 saturated heterocycles. The molecule has 0 bridgehead atoms. The van der Waals surface area contributed by atoms with E-state index in [-0.39, 0.29) is 0 Å². The maximum absolute atomic E-state index is 10.4. The Bertz CT molecular complexity index is 377. The fourth-order valence-electron chi connectivity index (χ4n) is 3.26. The summed E-state index contributed by atoms with van der Waals surface area (Å²) in [4.78, 5) is 20.8. The van der Waals surface area contributed by atoms with E-state index < -0.39 is 11.9 Å². The lowest BCUT2D eigenvalue weighted by Crippen LogP contribution is -1.93. The van der Waals surface area contributed by atoms with Crippen molar-refractivity contribution >= 4 is 11.9 Å². The monoisotopic (exact) mass is 382 g/mol. The molecule has 158 valence electrons. The zero-order valence-electron chi connectivity index (χ0n) is 17.3. The summed E-state index contributed by atoms with van der Waals surface area (Å²) in [5.41, 5.74) is 0. The summed E-state index contributed by atoms with van der Waals surface area (Å²) in [6, 6.07) is 0. The molecule has 0 aromatic rings. The van der Waals surface area contributed by atoms with Crippen molar-refractivity contribution in [2.24, 2.45) is 0 Å². The molecule has 27 heavy (non-hydrogen) atoms. The van der Waals surface area contributed by atoms with Crippen LogP contribution in [0, 0.1) is 0 Å². The number of carbonyl (C=O) groups is 2. The van der Waals surface area contributed by atoms with Crippen molar-refractivity contribution in [2.45, 2.75) is 122 Å². The largest absolute Gasteiger partial charge is 0.481 e. The lowest BCUT2D eigenvalue weighted by atomic mass is 10.1. The van der Waals surface area contributed by atoms with Crippen LogP contribution in [-0.4, -0.2) is 22.2 Å². The van der Waals surface area contributed by atoms with Gasteiger partial charge in [-0.05, 0) is 38.5 Å². The Morgan fingerprint density at radius 1 is 0.444 bits per heavy atom. The molecule has 2 N–H and O–H groups in total. The van der Waals surface area contributed by atoms with Crippen molar-refractivity contribution in [2.75, 3.05) is 0 Å². The predicted octanol–water partition coefficient (Wildman–Crippen LogP) is 7.12. The van der Waals surface area contributed by atoms with Crippen molar-refractivity contribution in [1.29, 1.82) is 0 Å². The van der Waals surface area contributed by atoms with E-state index in [9.17, 15) is 9.59 Å². The fourth-order valence-corrected chi connectivity index (χ4v) is 3.26. The van der Waals surface area contributed by atoms with E-state index in [2.05, 4.69) is 12.2 Å². The standard InChI is InChI=1S/C23H42O4/c24-22(25)20-18-16-14-12-10-8-6-4-2-1-3-5-7-9-11-13-15-17-19-21-23(26)27/h2,4H,1,3,5-21H2,(H,24,25)(H,26,27)/b4-2-. The van der Waals surface area contributed by atoms with Gasteiger partial charge < -0.3 is 10.2 Å². The average molecular weight is 383 g/mol. The Morgan fingerprint density at radius 2 is 0.704 bits per heavy atom. The third kappa shape index (κ3) is 24.7. The second-order valence-electron chi connectivity index (χ2n) is 7.64. The van der Waals surface area contributed by atoms with Gasteiger partial charge in [-0.25, -0.2) is 0 Å². The molecule has 0 spiro atoms. The number of carboxylic acids is 2. The van der Waals surface area contributed by atoms with Crippen LogP contribution < -0.4 is 0 Å². The molecule has 0 amide bonds. The van der Waals surface area contributed by atoms with E-state index >= 15 is 0 Å². The van der Waals surface area contributed by atoms with Crippen LogP contribution in [-0.2, 0) is 9.59 Å². The molecule has 0 fully saturated rings. The highest BCUT2D eigenvalue weighted by atomic mass is 16.4. The Kier molecular flexibility index (Phi) is 20.0. The van der Waals surface area contributed by atoms with Crippen molar-refractivity contribution in [3.8, 4) is 0 Å². The zero-order valence-corrected chi connectivity index (χ0v) is 17.3. The summed E-state index contributed by atoms with van der Waals surface area (Å²) in [6.45, 7) is 0. The highest BCUT2D eigenvalue weighted by Gasteiger charge is 1.97. The highest BCUT2D eigenvalue weighted by molar-refractivity contribution is 5.66. The minimum absolute atomic E-state index is 0.317. The Morgan fingerprint density at radius 3 is 1.00 bits per heavy atom. The van der Waals surface area contributed by atoms with Crippen molar-refractivity contribution in [3.05, 3.63) is 12.2 Å². The Hall–Kier alpha value is -1.32. The van der Waals surface area contributed by atoms with Crippen LogP contribution in [0.1, 0.15) is 122 Å². The van der Waals surface area contributed by atoms with Crippen molar-refractivity contribution < 1.29 is 19.8 Å². The first-order chi connectivity index (χ1) is 13.1. The SMILES string of the molecule is O=C(O)CCCCCCCC/C=C\CCCCCCCCCCCC(=O)O. The van der Waals surface area contributed by atoms with Crippen LogP contribution in [0.3, 0.4) is 0 Å². The molecule has 0 rings (SSSR count). The first-order valence-corrected chi connectivity index (χ1v) is 11.2. The predicted molar refractivity (Wildman–Crippen MR) is 112 cm³/mol. The van der Waals surface area contributed by atoms with Crippen LogP contribution in [0.5, 0.6) is 0 Å². The third-order valence-corrected chi connectivity index (χ3v) is 4.94. The highest BCUT2D eigenvalue weighted by Crippen LogP contribution is 2.12. The van der Waals surface area contributed by atoms with Gasteiger partial charge in [0.25, 0.3) is 0 Å². The molecule has 0 aromatic carbocycles. The van der Waals surface area contributed by atoms with Gasteiger partial charge in [0, 0.05) is 12.8 Å². The van der Waals surface area contributed by atoms with Gasteiger partial charge in [0.15, 0.2) is 0 Å². The summed E-state index contributed by atoms with van der Waals surface area (Å²) in [5.74, 6) is -1.35. The number of allylic oxidation sites excluding steroid dienone is 2. The maximum Gasteiger partial charge on any atom is 0.303 e. The van der Waals surface area contributed by atoms with Crippen molar-refractivity contribution in [3.63, 3.8) is 0 Å². The van der Waals surface area contributed by atoms with E-state index in [1.54, 1.807) is 0 Å². The third-order valence-electron chi connectivity index (χ3n) is 4.94. The maximum atomic E-state index is 10.4. The first kappa shape index (κ1) is 25.7. The minimum Gasteiger partial charge on any atom is -0.481 e. The van der Waals surface area contributed by atoms with Gasteiger partial charge in [0.05, 0.1) is 0 Å². The smallest absolute Gasteiger partial charge is 0.303 e. The zero-order chi connectivity index (χ0) is 20.0. The van der Waals surface area contributed by atoms with Crippen LogP contribution in [0.2, 0.25) is 0 Å². The summed E-state index contributed by atoms with van der Waals surface area (Å²) in [7, 11) is 0. The van der Waals surface area contributed by atoms with Gasteiger partial charge >= 0.3 is 11.9 Å². The van der Waals surface area contributed by atoms with E-state index in [1.807, 2.05) is 0 Å². The second-order valence-corrected chi connectivity index (χ2v) is 7.64. The quantitative estimate of drug-likeness (QED) is 0.164. The molecule has 0 radical (unpaired) electrons. The lowest BCUT2D eigenvalue weighted by Gasteiger charge is -2.01. The van der Waals surface area contributed by atoms with E-state index in [1.165, 1.54) is 83.5 Å². The molecule has 4 heteroatoms. The van der Waals surface area contributed by atoms with Crippen LogP contribution >= 0.6 is 0 Å². The number of unbranched alkanes of at least 4 members (excludes halogenated alkanes) is 15. The van der Waals surface area contributed by atoms with Crippen LogP contribution in [0.15, 0.2) is 12.2 Å². The van der Waals surface area contributed by atoms with Gasteiger partial charge in [-0.15, -0.1) is 0 Å².